The van der Waals surface area contributed by atoms with Gasteiger partial charge in [0, 0.05) is 19.6 Å². The van der Waals surface area contributed by atoms with Crippen molar-refractivity contribution in [3.63, 3.8) is 0 Å². The number of amides is 1. The first kappa shape index (κ1) is 11.9. The van der Waals surface area contributed by atoms with Crippen LogP contribution >= 0.6 is 0 Å². The summed E-state index contributed by atoms with van der Waals surface area (Å²) in [7, 11) is 0. The predicted octanol–water partition coefficient (Wildman–Crippen LogP) is 0.359. The van der Waals surface area contributed by atoms with Gasteiger partial charge in [0.2, 0.25) is 5.91 Å². The molecule has 92 valence electrons. The SMILES string of the molecule is CCC1(C(=O)N2CCC(C)(O)C2)CCNC1. The summed E-state index contributed by atoms with van der Waals surface area (Å²) >= 11 is 0. The van der Waals surface area contributed by atoms with Crippen molar-refractivity contribution in [1.29, 1.82) is 0 Å². The number of nitrogens with zero attached hydrogens (tertiary/aromatic N) is 1. The molecule has 0 bridgehead atoms. The molecule has 0 radical (unpaired) electrons. The molecule has 2 aliphatic heterocycles. The summed E-state index contributed by atoms with van der Waals surface area (Å²) in [5, 5.41) is 13.2. The summed E-state index contributed by atoms with van der Waals surface area (Å²) in [5.74, 6) is 0.234. The number of carbonyl (C=O) groups excluding carboxylic acids is 1. The number of hydrogen-bond acceptors (Lipinski definition) is 3. The lowest BCUT2D eigenvalue weighted by Gasteiger charge is -2.31. The lowest BCUT2D eigenvalue weighted by Crippen LogP contribution is -2.45. The van der Waals surface area contributed by atoms with Crippen LogP contribution in [0.2, 0.25) is 0 Å². The van der Waals surface area contributed by atoms with E-state index < -0.39 is 5.60 Å². The van der Waals surface area contributed by atoms with E-state index in [4.69, 9.17) is 0 Å². The second-order valence-corrected chi connectivity index (χ2v) is 5.53. The molecular weight excluding hydrogens is 204 g/mol. The first-order valence-corrected chi connectivity index (χ1v) is 6.22. The van der Waals surface area contributed by atoms with Gasteiger partial charge in [-0.2, -0.15) is 0 Å². The molecule has 1 amide bonds. The lowest BCUT2D eigenvalue weighted by atomic mass is 9.83. The van der Waals surface area contributed by atoms with Crippen molar-refractivity contribution in [3.8, 4) is 0 Å². The zero-order valence-corrected chi connectivity index (χ0v) is 10.3. The molecule has 2 atom stereocenters. The molecule has 2 heterocycles. The molecule has 2 saturated heterocycles. The first-order valence-electron chi connectivity index (χ1n) is 6.22. The third kappa shape index (κ3) is 1.96. The number of rotatable bonds is 2. The molecule has 2 N–H and O–H groups in total. The topological polar surface area (TPSA) is 52.6 Å². The van der Waals surface area contributed by atoms with Gasteiger partial charge in [0.15, 0.2) is 0 Å². The molecule has 0 saturated carbocycles. The van der Waals surface area contributed by atoms with Crippen molar-refractivity contribution >= 4 is 5.91 Å². The molecule has 4 heteroatoms. The minimum atomic E-state index is -0.684. The lowest BCUT2D eigenvalue weighted by molar-refractivity contribution is -0.141. The number of hydrogen-bond donors (Lipinski definition) is 2. The van der Waals surface area contributed by atoms with Crippen molar-refractivity contribution in [3.05, 3.63) is 0 Å². The predicted molar refractivity (Wildman–Crippen MR) is 62.0 cm³/mol. The summed E-state index contributed by atoms with van der Waals surface area (Å²) in [4.78, 5) is 14.3. The highest BCUT2D eigenvalue weighted by Gasteiger charge is 2.45. The minimum absolute atomic E-state index is 0.208. The monoisotopic (exact) mass is 226 g/mol. The van der Waals surface area contributed by atoms with Crippen molar-refractivity contribution in [2.75, 3.05) is 26.2 Å². The van der Waals surface area contributed by atoms with Crippen LogP contribution in [0.3, 0.4) is 0 Å². The molecule has 0 aliphatic carbocycles. The van der Waals surface area contributed by atoms with E-state index in [9.17, 15) is 9.90 Å². The molecule has 4 nitrogen and oxygen atoms in total. The Balaban J connectivity index is 2.07. The zero-order valence-electron chi connectivity index (χ0n) is 10.3. The fourth-order valence-corrected chi connectivity index (χ4v) is 2.83. The smallest absolute Gasteiger partial charge is 0.230 e. The van der Waals surface area contributed by atoms with Crippen LogP contribution < -0.4 is 5.32 Å². The normalized spacial score (nSPS) is 39.3. The molecular formula is C12H22N2O2. The quantitative estimate of drug-likeness (QED) is 0.715. The number of nitrogens with one attached hydrogen (secondary N) is 1. The highest BCUT2D eigenvalue weighted by molar-refractivity contribution is 5.83. The third-order valence-corrected chi connectivity index (χ3v) is 4.11. The summed E-state index contributed by atoms with van der Waals surface area (Å²) < 4.78 is 0. The van der Waals surface area contributed by atoms with Gasteiger partial charge >= 0.3 is 0 Å². The van der Waals surface area contributed by atoms with Crippen LogP contribution in [0.1, 0.15) is 33.1 Å². The van der Waals surface area contributed by atoms with Crippen LogP contribution in [-0.4, -0.2) is 47.7 Å². The number of carbonyl (C=O) groups is 1. The van der Waals surface area contributed by atoms with E-state index in [-0.39, 0.29) is 11.3 Å². The summed E-state index contributed by atoms with van der Waals surface area (Å²) in [5.41, 5.74) is -0.892. The minimum Gasteiger partial charge on any atom is -0.388 e. The fourth-order valence-electron chi connectivity index (χ4n) is 2.83. The average molecular weight is 226 g/mol. The van der Waals surface area contributed by atoms with E-state index in [0.29, 0.717) is 19.5 Å². The Hall–Kier alpha value is -0.610. The van der Waals surface area contributed by atoms with Crippen molar-refractivity contribution < 1.29 is 9.90 Å². The maximum absolute atomic E-state index is 12.5. The molecule has 2 aliphatic rings. The number of likely N-dealkylation sites (tertiary alicyclic amines) is 1. The third-order valence-electron chi connectivity index (χ3n) is 4.11. The first-order chi connectivity index (χ1) is 7.49. The van der Waals surface area contributed by atoms with Gasteiger partial charge < -0.3 is 15.3 Å². The Morgan fingerprint density at radius 1 is 1.50 bits per heavy atom. The maximum Gasteiger partial charge on any atom is 0.230 e. The molecule has 0 aromatic heterocycles. The van der Waals surface area contributed by atoms with Gasteiger partial charge in [-0.1, -0.05) is 6.92 Å². The molecule has 2 fully saturated rings. The molecule has 16 heavy (non-hydrogen) atoms. The van der Waals surface area contributed by atoms with Crippen LogP contribution in [0.25, 0.3) is 0 Å². The van der Waals surface area contributed by atoms with Gasteiger partial charge in [-0.15, -0.1) is 0 Å². The van der Waals surface area contributed by atoms with Gasteiger partial charge in [0.25, 0.3) is 0 Å². The Morgan fingerprint density at radius 2 is 2.25 bits per heavy atom. The van der Waals surface area contributed by atoms with Crippen molar-refractivity contribution in [2.24, 2.45) is 5.41 Å². The molecule has 0 aromatic carbocycles. The standard InChI is InChI=1S/C12H22N2O2/c1-3-12(4-6-13-8-12)10(15)14-7-5-11(2,16)9-14/h13,16H,3-9H2,1-2H3. The Morgan fingerprint density at radius 3 is 2.69 bits per heavy atom. The highest BCUT2D eigenvalue weighted by atomic mass is 16.3. The second kappa shape index (κ2) is 4.00. The van der Waals surface area contributed by atoms with E-state index >= 15 is 0 Å². The summed E-state index contributed by atoms with van der Waals surface area (Å²) in [6.07, 6.45) is 2.52. The van der Waals surface area contributed by atoms with E-state index in [1.807, 2.05) is 11.8 Å². The maximum atomic E-state index is 12.5. The van der Waals surface area contributed by atoms with Crippen LogP contribution in [0.4, 0.5) is 0 Å². The average Bonchev–Trinajstić information content (AvgIpc) is 2.84. The largest absolute Gasteiger partial charge is 0.388 e. The molecule has 0 spiro atoms. The molecule has 2 rings (SSSR count). The second-order valence-electron chi connectivity index (χ2n) is 5.53. The van der Waals surface area contributed by atoms with Gasteiger partial charge in [-0.25, -0.2) is 0 Å². The van der Waals surface area contributed by atoms with Crippen molar-refractivity contribution in [2.45, 2.75) is 38.7 Å². The van der Waals surface area contributed by atoms with Crippen LogP contribution in [0, 0.1) is 5.41 Å². The van der Waals surface area contributed by atoms with Crippen LogP contribution in [0.15, 0.2) is 0 Å². The van der Waals surface area contributed by atoms with Gasteiger partial charge in [-0.05, 0) is 32.7 Å². The number of β-amino-alcohol motifs (C(OH)–C–C–N with tert-alkyl or cyclic N) is 1. The van der Waals surface area contributed by atoms with Gasteiger partial charge in [0.05, 0.1) is 11.0 Å². The van der Waals surface area contributed by atoms with Gasteiger partial charge in [-0.3, -0.25) is 4.79 Å². The van der Waals surface area contributed by atoms with E-state index in [0.717, 1.165) is 25.9 Å². The summed E-state index contributed by atoms with van der Waals surface area (Å²) in [6.45, 7) is 6.82. The van der Waals surface area contributed by atoms with Gasteiger partial charge in [0.1, 0.15) is 0 Å². The van der Waals surface area contributed by atoms with E-state index in [2.05, 4.69) is 12.2 Å². The van der Waals surface area contributed by atoms with E-state index in [1.165, 1.54) is 0 Å². The van der Waals surface area contributed by atoms with E-state index in [1.54, 1.807) is 0 Å². The number of aliphatic hydroxyl groups is 1. The van der Waals surface area contributed by atoms with Crippen LogP contribution in [0.5, 0.6) is 0 Å². The highest BCUT2D eigenvalue weighted by Crippen LogP contribution is 2.34. The van der Waals surface area contributed by atoms with Crippen molar-refractivity contribution in [1.82, 2.24) is 10.2 Å². The Labute approximate surface area is 97.0 Å². The summed E-state index contributed by atoms with van der Waals surface area (Å²) in [6, 6.07) is 0. The Kier molecular flexibility index (Phi) is 2.97. The molecule has 2 unspecified atom stereocenters. The van der Waals surface area contributed by atoms with Crippen LogP contribution in [-0.2, 0) is 4.79 Å². The Bertz CT molecular complexity index is 283. The fraction of sp³-hybridized carbons (Fsp3) is 0.917. The zero-order chi connectivity index (χ0) is 11.8. The molecule has 0 aromatic rings.